The van der Waals surface area contributed by atoms with Crippen molar-refractivity contribution in [2.45, 2.75) is 66.1 Å². The van der Waals surface area contributed by atoms with Crippen LogP contribution in [0.5, 0.6) is 23.0 Å². The van der Waals surface area contributed by atoms with Crippen LogP contribution in [0.25, 0.3) is 10.8 Å². The van der Waals surface area contributed by atoms with Gasteiger partial charge in [0.05, 0.1) is 18.2 Å². The van der Waals surface area contributed by atoms with Gasteiger partial charge in [-0.05, 0) is 67.8 Å². The number of esters is 1. The summed E-state index contributed by atoms with van der Waals surface area (Å²) in [7, 11) is 1.28. The molecule has 0 saturated heterocycles. The normalized spacial score (nSPS) is 11.6. The Labute approximate surface area is 228 Å². The molecule has 3 aromatic carbocycles. The van der Waals surface area contributed by atoms with Gasteiger partial charge in [-0.2, -0.15) is 0 Å². The first kappa shape index (κ1) is 29.5. The van der Waals surface area contributed by atoms with E-state index in [-0.39, 0.29) is 29.5 Å². The van der Waals surface area contributed by atoms with Crippen molar-refractivity contribution >= 4 is 28.3 Å². The van der Waals surface area contributed by atoms with Crippen LogP contribution >= 0.6 is 0 Å². The Morgan fingerprint density at radius 3 is 2.23 bits per heavy atom. The van der Waals surface area contributed by atoms with Gasteiger partial charge in [-0.3, -0.25) is 9.59 Å². The minimum absolute atomic E-state index is 0.0781. The third-order valence-corrected chi connectivity index (χ3v) is 6.32. The van der Waals surface area contributed by atoms with Gasteiger partial charge in [0.15, 0.2) is 18.2 Å². The molecule has 0 aromatic heterocycles. The molecular weight excluding hydrogens is 500 g/mol. The number of phenolic OH excluding ortho intramolecular Hbond substituents is 1. The van der Waals surface area contributed by atoms with E-state index in [0.717, 1.165) is 24.6 Å². The number of unbranched alkanes of at least 4 members (excludes halogenated alkanes) is 1. The molecule has 1 N–H and O–H groups in total. The number of benzene rings is 3. The third-order valence-electron chi connectivity index (χ3n) is 6.32. The maximum Gasteiger partial charge on any atom is 0.343 e. The molecule has 0 aliphatic heterocycles. The molecule has 0 amide bonds. The summed E-state index contributed by atoms with van der Waals surface area (Å²) >= 11 is 0. The van der Waals surface area contributed by atoms with Gasteiger partial charge in [0.25, 0.3) is 0 Å². The summed E-state index contributed by atoms with van der Waals surface area (Å²) in [5.74, 6) is 0.173. The number of phenols is 1. The molecule has 0 aliphatic rings. The second kappa shape index (κ2) is 13.6. The second-order valence-electron chi connectivity index (χ2n) is 9.29. The molecule has 208 valence electrons. The Kier molecular flexibility index (Phi) is 10.3. The highest BCUT2D eigenvalue weighted by atomic mass is 16.7. The summed E-state index contributed by atoms with van der Waals surface area (Å²) in [5.41, 5.74) is 1.16. The average Bonchev–Trinajstić information content (AvgIpc) is 2.91. The van der Waals surface area contributed by atoms with Crippen LogP contribution in [-0.4, -0.2) is 42.6 Å². The number of fused-ring (bicyclic) bond motifs is 1. The Bertz CT molecular complexity index is 1340. The summed E-state index contributed by atoms with van der Waals surface area (Å²) in [6, 6.07) is 12.0. The van der Waals surface area contributed by atoms with Crippen LogP contribution in [0.1, 0.15) is 79.7 Å². The highest BCUT2D eigenvalue weighted by Crippen LogP contribution is 2.36. The third kappa shape index (κ3) is 7.28. The van der Waals surface area contributed by atoms with Crippen LogP contribution < -0.4 is 14.2 Å². The Morgan fingerprint density at radius 2 is 1.59 bits per heavy atom. The quantitative estimate of drug-likeness (QED) is 0.143. The van der Waals surface area contributed by atoms with Crippen molar-refractivity contribution in [3.05, 3.63) is 59.2 Å². The molecule has 1 unspecified atom stereocenters. The van der Waals surface area contributed by atoms with Gasteiger partial charge in [-0.25, -0.2) is 4.79 Å². The zero-order valence-corrected chi connectivity index (χ0v) is 23.2. The van der Waals surface area contributed by atoms with E-state index in [1.807, 2.05) is 13.0 Å². The SMILES string of the molecule is CCCCC(Oc1ccc(C(C)=O)c(O)c1CCC)Oc1ccc2ccc(OCC(=O)OC)cc2c1C(C)=O. The van der Waals surface area contributed by atoms with E-state index >= 15 is 0 Å². The fraction of sp³-hybridized carbons (Fsp3) is 0.387. The van der Waals surface area contributed by atoms with E-state index in [0.29, 0.717) is 46.6 Å². The number of methoxy groups -OCH3 is 1. The topological polar surface area (TPSA) is 108 Å². The lowest BCUT2D eigenvalue weighted by molar-refractivity contribution is -0.142. The van der Waals surface area contributed by atoms with E-state index in [2.05, 4.69) is 11.7 Å². The van der Waals surface area contributed by atoms with Crippen LogP contribution in [0.3, 0.4) is 0 Å². The van der Waals surface area contributed by atoms with Crippen molar-refractivity contribution in [1.82, 2.24) is 0 Å². The van der Waals surface area contributed by atoms with E-state index in [1.165, 1.54) is 21.0 Å². The van der Waals surface area contributed by atoms with E-state index < -0.39 is 12.3 Å². The molecule has 8 nitrogen and oxygen atoms in total. The zero-order valence-electron chi connectivity index (χ0n) is 23.2. The van der Waals surface area contributed by atoms with Crippen molar-refractivity contribution in [3.8, 4) is 23.0 Å². The predicted molar refractivity (Wildman–Crippen MR) is 148 cm³/mol. The maximum atomic E-state index is 12.8. The van der Waals surface area contributed by atoms with Crippen LogP contribution in [0.15, 0.2) is 42.5 Å². The lowest BCUT2D eigenvalue weighted by Crippen LogP contribution is -2.25. The van der Waals surface area contributed by atoms with Gasteiger partial charge in [0.1, 0.15) is 23.0 Å². The van der Waals surface area contributed by atoms with E-state index in [4.69, 9.17) is 14.2 Å². The van der Waals surface area contributed by atoms with Gasteiger partial charge >= 0.3 is 5.97 Å². The lowest BCUT2D eigenvalue weighted by atomic mass is 10.0. The minimum atomic E-state index is -0.752. The molecule has 8 heteroatoms. The van der Waals surface area contributed by atoms with Gasteiger partial charge in [-0.15, -0.1) is 0 Å². The number of carbonyl (C=O) groups is 3. The van der Waals surface area contributed by atoms with E-state index in [1.54, 1.807) is 36.4 Å². The zero-order chi connectivity index (χ0) is 28.5. The minimum Gasteiger partial charge on any atom is -0.507 e. The van der Waals surface area contributed by atoms with Crippen molar-refractivity contribution in [2.75, 3.05) is 13.7 Å². The number of hydrogen-bond acceptors (Lipinski definition) is 8. The molecule has 0 aliphatic carbocycles. The summed E-state index contributed by atoms with van der Waals surface area (Å²) in [6.45, 7) is 6.65. The number of rotatable bonds is 14. The number of ether oxygens (including phenoxy) is 4. The van der Waals surface area contributed by atoms with Gasteiger partial charge in [0, 0.05) is 12.0 Å². The lowest BCUT2D eigenvalue weighted by Gasteiger charge is -2.24. The Morgan fingerprint density at radius 1 is 0.897 bits per heavy atom. The fourth-order valence-corrected chi connectivity index (χ4v) is 4.33. The van der Waals surface area contributed by atoms with Crippen molar-refractivity contribution in [3.63, 3.8) is 0 Å². The Hall–Kier alpha value is -4.07. The predicted octanol–water partition coefficient (Wildman–Crippen LogP) is 6.43. The molecule has 1 atom stereocenters. The van der Waals surface area contributed by atoms with Gasteiger partial charge in [-0.1, -0.05) is 38.8 Å². The standard InChI is InChI=1S/C31H36O8/c1-6-8-10-29(38-26-16-14-23(19(3)32)31(35)24(26)9-7-2)39-27-15-12-21-11-13-22(37-18-28(34)36-5)17-25(21)30(27)20(4)33/h11-17,29,35H,6-10,18H2,1-5H3. The van der Waals surface area contributed by atoms with Crippen LogP contribution in [0.2, 0.25) is 0 Å². The van der Waals surface area contributed by atoms with Crippen LogP contribution in [0, 0.1) is 0 Å². The van der Waals surface area contributed by atoms with Gasteiger partial charge in [0.2, 0.25) is 6.29 Å². The average molecular weight is 537 g/mol. The molecule has 3 aromatic rings. The summed E-state index contributed by atoms with van der Waals surface area (Å²) in [5, 5.41) is 12.2. The summed E-state index contributed by atoms with van der Waals surface area (Å²) in [6.07, 6.45) is 2.75. The summed E-state index contributed by atoms with van der Waals surface area (Å²) in [4.78, 5) is 36.3. The van der Waals surface area contributed by atoms with Crippen molar-refractivity contribution < 1.29 is 38.4 Å². The summed E-state index contributed by atoms with van der Waals surface area (Å²) < 4.78 is 22.8. The number of Topliss-reactive ketones (excluding diaryl/α,β-unsaturated/α-hetero) is 2. The molecule has 0 bridgehead atoms. The number of ketones is 2. The van der Waals surface area contributed by atoms with E-state index in [9.17, 15) is 19.5 Å². The molecule has 0 heterocycles. The molecule has 39 heavy (non-hydrogen) atoms. The Balaban J connectivity index is 2.00. The molecular formula is C31H36O8. The first-order chi connectivity index (χ1) is 18.7. The highest BCUT2D eigenvalue weighted by Gasteiger charge is 2.22. The fourth-order valence-electron chi connectivity index (χ4n) is 4.33. The molecule has 0 radical (unpaired) electrons. The first-order valence-electron chi connectivity index (χ1n) is 13.2. The van der Waals surface area contributed by atoms with Gasteiger partial charge < -0.3 is 24.1 Å². The maximum absolute atomic E-state index is 12.8. The number of carbonyl (C=O) groups excluding carboxylic acids is 3. The van der Waals surface area contributed by atoms with Crippen molar-refractivity contribution in [1.29, 1.82) is 0 Å². The first-order valence-corrected chi connectivity index (χ1v) is 13.2. The smallest absolute Gasteiger partial charge is 0.343 e. The molecule has 3 rings (SSSR count). The number of hydrogen-bond donors (Lipinski definition) is 1. The largest absolute Gasteiger partial charge is 0.507 e. The highest BCUT2D eigenvalue weighted by molar-refractivity contribution is 6.09. The second-order valence-corrected chi connectivity index (χ2v) is 9.29. The van der Waals surface area contributed by atoms with Crippen LogP contribution in [-0.2, 0) is 16.0 Å². The molecule has 0 spiro atoms. The van der Waals surface area contributed by atoms with Crippen molar-refractivity contribution in [2.24, 2.45) is 0 Å². The number of aromatic hydroxyl groups is 1. The molecule has 0 fully saturated rings. The molecule has 0 saturated carbocycles. The monoisotopic (exact) mass is 536 g/mol. The van der Waals surface area contributed by atoms with Crippen LogP contribution in [0.4, 0.5) is 0 Å².